The summed E-state index contributed by atoms with van der Waals surface area (Å²) >= 11 is 0. The lowest BCUT2D eigenvalue weighted by atomic mass is 10.2. The Balaban J connectivity index is 2.92. The first-order chi connectivity index (χ1) is 7.65. The third-order valence-electron chi connectivity index (χ3n) is 2.05. The first-order valence-corrected chi connectivity index (χ1v) is 5.19. The molecule has 16 heavy (non-hydrogen) atoms. The molecule has 4 nitrogen and oxygen atoms in total. The lowest BCUT2D eigenvalue weighted by Gasteiger charge is -2.22. The molecule has 0 saturated heterocycles. The van der Waals surface area contributed by atoms with E-state index in [1.165, 1.54) is 0 Å². The van der Waals surface area contributed by atoms with Gasteiger partial charge in [0.1, 0.15) is 6.21 Å². The van der Waals surface area contributed by atoms with E-state index in [0.29, 0.717) is 12.5 Å². The zero-order valence-corrected chi connectivity index (χ0v) is 9.50. The minimum Gasteiger partial charge on any atom is -0.411 e. The van der Waals surface area contributed by atoms with E-state index in [2.05, 4.69) is 5.16 Å². The number of hydrogen-bond acceptors (Lipinski definition) is 3. The second kappa shape index (κ2) is 5.90. The summed E-state index contributed by atoms with van der Waals surface area (Å²) in [5.41, 5.74) is 0.807. The van der Waals surface area contributed by atoms with E-state index in [1.54, 1.807) is 4.90 Å². The highest BCUT2D eigenvalue weighted by atomic mass is 16.4. The van der Waals surface area contributed by atoms with Gasteiger partial charge in [-0.05, 0) is 18.1 Å². The van der Waals surface area contributed by atoms with E-state index in [9.17, 15) is 4.79 Å². The zero-order chi connectivity index (χ0) is 12.0. The number of oxime groups is 1. The average Bonchev–Trinajstić information content (AvgIpc) is 2.27. The summed E-state index contributed by atoms with van der Waals surface area (Å²) < 4.78 is 0. The number of para-hydroxylation sites is 1. The molecule has 86 valence electrons. The summed E-state index contributed by atoms with van der Waals surface area (Å²) in [4.78, 5) is 13.3. The summed E-state index contributed by atoms with van der Waals surface area (Å²) in [5.74, 6) is 0.0265. The first kappa shape index (κ1) is 12.2. The van der Waals surface area contributed by atoms with Crippen molar-refractivity contribution in [2.24, 2.45) is 11.1 Å². The summed E-state index contributed by atoms with van der Waals surface area (Å²) in [6.07, 6.45) is 0.912. The van der Waals surface area contributed by atoms with Crippen LogP contribution in [0, 0.1) is 5.92 Å². The van der Waals surface area contributed by atoms with Gasteiger partial charge in [-0.3, -0.25) is 4.79 Å². The van der Waals surface area contributed by atoms with Crippen LogP contribution in [-0.4, -0.2) is 23.9 Å². The van der Waals surface area contributed by atoms with E-state index in [4.69, 9.17) is 5.21 Å². The minimum absolute atomic E-state index is 0.317. The Morgan fingerprint density at radius 2 is 2.06 bits per heavy atom. The molecule has 1 aromatic carbocycles. The number of carbonyl (C=O) groups is 1. The molecular formula is C12H16N2O2. The molecule has 1 rings (SSSR count). The Kier molecular flexibility index (Phi) is 4.51. The van der Waals surface area contributed by atoms with Crippen molar-refractivity contribution in [2.45, 2.75) is 13.8 Å². The largest absolute Gasteiger partial charge is 0.411 e. The highest BCUT2D eigenvalue weighted by molar-refractivity contribution is 6.32. The molecule has 0 radical (unpaired) electrons. The topological polar surface area (TPSA) is 52.9 Å². The van der Waals surface area contributed by atoms with Gasteiger partial charge in [0.15, 0.2) is 0 Å². The fourth-order valence-electron chi connectivity index (χ4n) is 1.41. The van der Waals surface area contributed by atoms with Crippen LogP contribution in [-0.2, 0) is 4.79 Å². The number of benzene rings is 1. The molecule has 0 atom stereocenters. The van der Waals surface area contributed by atoms with Crippen LogP contribution in [0.3, 0.4) is 0 Å². The number of hydrogen-bond donors (Lipinski definition) is 1. The monoisotopic (exact) mass is 220 g/mol. The fraction of sp³-hybridized carbons (Fsp3) is 0.333. The van der Waals surface area contributed by atoms with Crippen LogP contribution < -0.4 is 4.90 Å². The molecule has 1 aromatic rings. The molecule has 0 unspecified atom stereocenters. The van der Waals surface area contributed by atoms with E-state index < -0.39 is 0 Å². The second-order valence-electron chi connectivity index (χ2n) is 3.92. The van der Waals surface area contributed by atoms with Gasteiger partial charge < -0.3 is 10.1 Å². The lowest BCUT2D eigenvalue weighted by Crippen LogP contribution is -2.34. The maximum Gasteiger partial charge on any atom is 0.272 e. The summed E-state index contributed by atoms with van der Waals surface area (Å²) in [6, 6.07) is 9.33. The van der Waals surface area contributed by atoms with Crippen molar-refractivity contribution >= 4 is 17.8 Å². The lowest BCUT2D eigenvalue weighted by molar-refractivity contribution is -0.112. The van der Waals surface area contributed by atoms with Crippen molar-refractivity contribution in [2.75, 3.05) is 11.4 Å². The molecule has 0 aliphatic carbocycles. The molecule has 0 saturated carbocycles. The van der Waals surface area contributed by atoms with Crippen LogP contribution in [0.4, 0.5) is 5.69 Å². The molecule has 0 aliphatic heterocycles. The molecule has 4 heteroatoms. The van der Waals surface area contributed by atoms with Gasteiger partial charge >= 0.3 is 0 Å². The highest BCUT2D eigenvalue weighted by Crippen LogP contribution is 2.14. The third-order valence-corrected chi connectivity index (χ3v) is 2.05. The zero-order valence-electron chi connectivity index (χ0n) is 9.50. The van der Waals surface area contributed by atoms with Gasteiger partial charge in [0.05, 0.1) is 0 Å². The van der Waals surface area contributed by atoms with Gasteiger partial charge in [0.25, 0.3) is 5.91 Å². The smallest absolute Gasteiger partial charge is 0.272 e. The van der Waals surface area contributed by atoms with Crippen molar-refractivity contribution in [1.82, 2.24) is 0 Å². The van der Waals surface area contributed by atoms with Crippen LogP contribution in [0.25, 0.3) is 0 Å². The van der Waals surface area contributed by atoms with Gasteiger partial charge in [0, 0.05) is 12.2 Å². The Hall–Kier alpha value is -1.84. The third kappa shape index (κ3) is 3.38. The first-order valence-electron chi connectivity index (χ1n) is 5.19. The Labute approximate surface area is 95.2 Å². The number of anilines is 1. The molecule has 1 N–H and O–H groups in total. The van der Waals surface area contributed by atoms with Gasteiger partial charge in [0.2, 0.25) is 0 Å². The van der Waals surface area contributed by atoms with E-state index in [-0.39, 0.29) is 5.91 Å². The summed E-state index contributed by atoms with van der Waals surface area (Å²) in [6.45, 7) is 4.65. The molecule has 0 fully saturated rings. The van der Waals surface area contributed by atoms with Crippen LogP contribution in [0.5, 0.6) is 0 Å². The maximum atomic E-state index is 11.7. The molecule has 0 aromatic heterocycles. The quantitative estimate of drug-likeness (QED) is 0.480. The molecule has 0 bridgehead atoms. The van der Waals surface area contributed by atoms with Gasteiger partial charge in [-0.1, -0.05) is 37.2 Å². The van der Waals surface area contributed by atoms with Crippen molar-refractivity contribution < 1.29 is 10.0 Å². The van der Waals surface area contributed by atoms with E-state index in [1.807, 2.05) is 44.2 Å². The Morgan fingerprint density at radius 3 is 2.56 bits per heavy atom. The standard InChI is InChI=1S/C12H16N2O2/c1-10(2)9-14(12(15)8-13-16)11-6-4-3-5-7-11/h3-8,10,16H,9H2,1-2H3. The van der Waals surface area contributed by atoms with Crippen molar-refractivity contribution in [3.63, 3.8) is 0 Å². The normalized spacial score (nSPS) is 10.9. The molecule has 0 spiro atoms. The summed E-state index contributed by atoms with van der Waals surface area (Å²) in [7, 11) is 0. The van der Waals surface area contributed by atoms with Gasteiger partial charge in [-0.25, -0.2) is 0 Å². The molecule has 0 aliphatic rings. The number of nitrogens with zero attached hydrogens (tertiary/aromatic N) is 2. The SMILES string of the molecule is CC(C)CN(C(=O)C=NO)c1ccccc1. The average molecular weight is 220 g/mol. The van der Waals surface area contributed by atoms with E-state index in [0.717, 1.165) is 11.9 Å². The molecule has 0 heterocycles. The maximum absolute atomic E-state index is 11.7. The number of carbonyl (C=O) groups excluding carboxylic acids is 1. The van der Waals surface area contributed by atoms with Crippen molar-refractivity contribution in [3.8, 4) is 0 Å². The van der Waals surface area contributed by atoms with Gasteiger partial charge in [-0.2, -0.15) is 0 Å². The van der Waals surface area contributed by atoms with E-state index >= 15 is 0 Å². The van der Waals surface area contributed by atoms with Crippen molar-refractivity contribution in [1.29, 1.82) is 0 Å². The summed E-state index contributed by atoms with van der Waals surface area (Å²) in [5, 5.41) is 11.2. The molecular weight excluding hydrogens is 204 g/mol. The van der Waals surface area contributed by atoms with Crippen LogP contribution >= 0.6 is 0 Å². The van der Waals surface area contributed by atoms with Gasteiger partial charge in [-0.15, -0.1) is 0 Å². The molecule has 1 amide bonds. The fourth-order valence-corrected chi connectivity index (χ4v) is 1.41. The predicted octanol–water partition coefficient (Wildman–Crippen LogP) is 2.14. The number of amides is 1. The Morgan fingerprint density at radius 1 is 1.44 bits per heavy atom. The predicted molar refractivity (Wildman–Crippen MR) is 63.9 cm³/mol. The Bertz CT molecular complexity index is 361. The highest BCUT2D eigenvalue weighted by Gasteiger charge is 2.14. The minimum atomic E-state index is -0.317. The van der Waals surface area contributed by atoms with Crippen LogP contribution in [0.2, 0.25) is 0 Å². The van der Waals surface area contributed by atoms with Crippen LogP contribution in [0.1, 0.15) is 13.8 Å². The second-order valence-corrected chi connectivity index (χ2v) is 3.92. The van der Waals surface area contributed by atoms with Crippen LogP contribution in [0.15, 0.2) is 35.5 Å². The number of rotatable bonds is 4. The van der Waals surface area contributed by atoms with Crippen molar-refractivity contribution in [3.05, 3.63) is 30.3 Å².